The summed E-state index contributed by atoms with van der Waals surface area (Å²) in [5.74, 6) is 0.795. The second-order valence-electron chi connectivity index (χ2n) is 4.61. The molecule has 1 amide bonds. The van der Waals surface area contributed by atoms with Crippen molar-refractivity contribution in [3.05, 3.63) is 5.28 Å². The summed E-state index contributed by atoms with van der Waals surface area (Å²) >= 11 is 5.96. The Morgan fingerprint density at radius 1 is 1.38 bits per heavy atom. The van der Waals surface area contributed by atoms with Crippen LogP contribution in [0, 0.1) is 0 Å². The highest BCUT2D eigenvalue weighted by atomic mass is 35.5. The summed E-state index contributed by atoms with van der Waals surface area (Å²) in [6.07, 6.45) is 0. The zero-order valence-electron chi connectivity index (χ0n) is 12.2. The van der Waals surface area contributed by atoms with Gasteiger partial charge < -0.3 is 19.9 Å². The zero-order chi connectivity index (χ0) is 15.2. The molecule has 2 rings (SSSR count). The van der Waals surface area contributed by atoms with Crippen molar-refractivity contribution in [1.29, 1.82) is 0 Å². The first-order valence-corrected chi connectivity index (χ1v) is 7.20. The van der Waals surface area contributed by atoms with Gasteiger partial charge in [0, 0.05) is 26.7 Å². The molecule has 1 saturated heterocycles. The van der Waals surface area contributed by atoms with Crippen LogP contribution in [0.4, 0.5) is 11.9 Å². The summed E-state index contributed by atoms with van der Waals surface area (Å²) in [5, 5.41) is 2.84. The fourth-order valence-electron chi connectivity index (χ4n) is 1.94. The number of morpholine rings is 1. The monoisotopic (exact) mass is 314 g/mol. The first-order chi connectivity index (χ1) is 10.1. The van der Waals surface area contributed by atoms with E-state index in [0.717, 1.165) is 0 Å². The number of halogens is 1. The molecule has 1 aromatic rings. The average Bonchev–Trinajstić information content (AvgIpc) is 2.47. The molecule has 0 aromatic carbocycles. The minimum atomic E-state index is -0.0931. The smallest absolute Gasteiger partial charge is 0.239 e. The van der Waals surface area contributed by atoms with Crippen LogP contribution in [0.5, 0.6) is 0 Å². The molecular weight excluding hydrogens is 296 g/mol. The van der Waals surface area contributed by atoms with Crippen molar-refractivity contribution in [2.75, 3.05) is 56.2 Å². The van der Waals surface area contributed by atoms with E-state index in [2.05, 4.69) is 20.3 Å². The lowest BCUT2D eigenvalue weighted by Crippen LogP contribution is -2.38. The van der Waals surface area contributed by atoms with Gasteiger partial charge in [-0.3, -0.25) is 4.79 Å². The Morgan fingerprint density at radius 3 is 2.76 bits per heavy atom. The molecule has 0 spiro atoms. The molecule has 2 heterocycles. The van der Waals surface area contributed by atoms with Crippen molar-refractivity contribution >= 4 is 29.4 Å². The van der Waals surface area contributed by atoms with Crippen LogP contribution < -0.4 is 15.1 Å². The summed E-state index contributed by atoms with van der Waals surface area (Å²) in [7, 11) is 1.74. The maximum atomic E-state index is 11.6. The summed E-state index contributed by atoms with van der Waals surface area (Å²) in [6, 6.07) is 0. The average molecular weight is 315 g/mol. The lowest BCUT2D eigenvalue weighted by Gasteiger charge is -2.27. The van der Waals surface area contributed by atoms with E-state index < -0.39 is 0 Å². The molecule has 21 heavy (non-hydrogen) atoms. The number of rotatable bonds is 5. The minimum Gasteiger partial charge on any atom is -0.378 e. The zero-order valence-corrected chi connectivity index (χ0v) is 12.9. The van der Waals surface area contributed by atoms with Crippen LogP contribution in [-0.2, 0) is 9.53 Å². The molecule has 0 saturated carbocycles. The molecular formula is C12H19ClN6O2. The fourth-order valence-corrected chi connectivity index (χ4v) is 2.10. The number of hydrogen-bond donors (Lipinski definition) is 1. The van der Waals surface area contributed by atoms with E-state index in [9.17, 15) is 4.79 Å². The first-order valence-electron chi connectivity index (χ1n) is 6.82. The van der Waals surface area contributed by atoms with Gasteiger partial charge in [-0.2, -0.15) is 15.0 Å². The Balaban J connectivity index is 2.12. The lowest BCUT2D eigenvalue weighted by molar-refractivity contribution is -0.119. The molecule has 0 aliphatic carbocycles. The highest BCUT2D eigenvalue weighted by Gasteiger charge is 2.18. The van der Waals surface area contributed by atoms with Gasteiger partial charge in [-0.05, 0) is 18.5 Å². The molecule has 0 radical (unpaired) electrons. The molecule has 0 bridgehead atoms. The number of aromatic nitrogens is 3. The molecule has 1 aromatic heterocycles. The Hall–Kier alpha value is -1.67. The van der Waals surface area contributed by atoms with Gasteiger partial charge in [-0.25, -0.2) is 0 Å². The summed E-state index contributed by atoms with van der Waals surface area (Å²) in [5.41, 5.74) is 0. The van der Waals surface area contributed by atoms with Gasteiger partial charge in [0.2, 0.25) is 23.1 Å². The van der Waals surface area contributed by atoms with Gasteiger partial charge in [0.25, 0.3) is 0 Å². The van der Waals surface area contributed by atoms with Gasteiger partial charge in [-0.1, -0.05) is 0 Å². The Labute approximate surface area is 128 Å². The van der Waals surface area contributed by atoms with E-state index in [1.807, 2.05) is 11.8 Å². The molecule has 1 N–H and O–H groups in total. The molecule has 0 unspecified atom stereocenters. The molecule has 8 nitrogen and oxygen atoms in total. The van der Waals surface area contributed by atoms with Crippen LogP contribution in [0.15, 0.2) is 0 Å². The van der Waals surface area contributed by atoms with Crippen molar-refractivity contribution in [2.45, 2.75) is 6.92 Å². The van der Waals surface area contributed by atoms with E-state index in [1.165, 1.54) is 0 Å². The van der Waals surface area contributed by atoms with Gasteiger partial charge in [0.1, 0.15) is 0 Å². The van der Waals surface area contributed by atoms with Gasteiger partial charge in [0.05, 0.1) is 19.8 Å². The molecule has 1 fully saturated rings. The number of likely N-dealkylation sites (N-methyl/N-ethyl adjacent to an activating group) is 2. The van der Waals surface area contributed by atoms with Crippen molar-refractivity contribution < 1.29 is 9.53 Å². The molecule has 1 aliphatic heterocycles. The SMILES string of the molecule is CCNC(=O)CN(C)c1nc(Cl)nc(N2CCOCC2)n1. The fraction of sp³-hybridized carbons (Fsp3) is 0.667. The number of anilines is 2. The van der Waals surface area contributed by atoms with E-state index in [-0.39, 0.29) is 17.7 Å². The number of nitrogens with zero attached hydrogens (tertiary/aromatic N) is 5. The van der Waals surface area contributed by atoms with Crippen molar-refractivity contribution in [1.82, 2.24) is 20.3 Å². The quantitative estimate of drug-likeness (QED) is 0.814. The number of carbonyl (C=O) groups is 1. The Morgan fingerprint density at radius 2 is 2.10 bits per heavy atom. The highest BCUT2D eigenvalue weighted by Crippen LogP contribution is 2.16. The normalized spacial score (nSPS) is 14.9. The Bertz CT molecular complexity index is 495. The van der Waals surface area contributed by atoms with Gasteiger partial charge in [0.15, 0.2) is 0 Å². The molecule has 1 aliphatic rings. The molecule has 0 atom stereocenters. The van der Waals surface area contributed by atoms with E-state index in [0.29, 0.717) is 44.7 Å². The van der Waals surface area contributed by atoms with E-state index in [4.69, 9.17) is 16.3 Å². The highest BCUT2D eigenvalue weighted by molar-refractivity contribution is 6.28. The molecule has 116 valence electrons. The van der Waals surface area contributed by atoms with Crippen LogP contribution in [0.25, 0.3) is 0 Å². The Kier molecular flexibility index (Phi) is 5.51. The number of ether oxygens (including phenoxy) is 1. The second kappa shape index (κ2) is 7.37. The van der Waals surface area contributed by atoms with Crippen LogP contribution in [0.1, 0.15) is 6.92 Å². The maximum Gasteiger partial charge on any atom is 0.239 e. The second-order valence-corrected chi connectivity index (χ2v) is 4.95. The van der Waals surface area contributed by atoms with E-state index in [1.54, 1.807) is 11.9 Å². The summed E-state index contributed by atoms with van der Waals surface area (Å²) in [4.78, 5) is 27.8. The minimum absolute atomic E-state index is 0.0931. The number of hydrogen-bond acceptors (Lipinski definition) is 7. The largest absolute Gasteiger partial charge is 0.378 e. The lowest BCUT2D eigenvalue weighted by atomic mass is 10.4. The van der Waals surface area contributed by atoms with Gasteiger partial charge >= 0.3 is 0 Å². The van der Waals surface area contributed by atoms with Crippen molar-refractivity contribution in [3.63, 3.8) is 0 Å². The van der Waals surface area contributed by atoms with Crippen LogP contribution in [-0.4, -0.2) is 67.3 Å². The topological polar surface area (TPSA) is 83.5 Å². The predicted molar refractivity (Wildman–Crippen MR) is 79.8 cm³/mol. The van der Waals surface area contributed by atoms with Crippen LogP contribution >= 0.6 is 11.6 Å². The standard InChI is InChI=1S/C12H19ClN6O2/c1-3-14-9(20)8-18(2)11-15-10(13)16-12(17-11)19-4-6-21-7-5-19/h3-8H2,1-2H3,(H,14,20). The third-order valence-electron chi connectivity index (χ3n) is 2.97. The van der Waals surface area contributed by atoms with Gasteiger partial charge in [-0.15, -0.1) is 0 Å². The van der Waals surface area contributed by atoms with Crippen LogP contribution in [0.2, 0.25) is 5.28 Å². The number of amides is 1. The molecule has 9 heteroatoms. The summed E-state index contributed by atoms with van der Waals surface area (Å²) < 4.78 is 5.30. The van der Waals surface area contributed by atoms with Crippen LogP contribution in [0.3, 0.4) is 0 Å². The van der Waals surface area contributed by atoms with E-state index >= 15 is 0 Å². The predicted octanol–water partition coefficient (Wildman–Crippen LogP) is -0.0661. The van der Waals surface area contributed by atoms with Crippen molar-refractivity contribution in [3.8, 4) is 0 Å². The maximum absolute atomic E-state index is 11.6. The first kappa shape index (κ1) is 15.7. The third-order valence-corrected chi connectivity index (χ3v) is 3.14. The number of carbonyl (C=O) groups excluding carboxylic acids is 1. The third kappa shape index (κ3) is 4.40. The van der Waals surface area contributed by atoms with Crippen molar-refractivity contribution in [2.24, 2.45) is 0 Å². The summed E-state index contributed by atoms with van der Waals surface area (Å²) in [6.45, 7) is 5.30. The number of nitrogens with one attached hydrogen (secondary N) is 1.